The van der Waals surface area contributed by atoms with Crippen LogP contribution in [0.1, 0.15) is 16.1 Å². The van der Waals surface area contributed by atoms with E-state index in [2.05, 4.69) is 4.98 Å². The minimum Gasteiger partial charge on any atom is -0.490 e. The van der Waals surface area contributed by atoms with Crippen LogP contribution >= 0.6 is 11.3 Å². The molecule has 0 aliphatic rings. The minimum absolute atomic E-state index is 0.0392. The maximum atomic E-state index is 12.3. The molecule has 4 rings (SSSR count). The first-order valence-electron chi connectivity index (χ1n) is 9.76. The number of nitro groups is 1. The van der Waals surface area contributed by atoms with E-state index in [9.17, 15) is 20.2 Å². The largest absolute Gasteiger partial charge is 0.490 e. The minimum atomic E-state index is -0.665. The van der Waals surface area contributed by atoms with Crippen LogP contribution in [0.4, 0.5) is 11.4 Å². The zero-order valence-corrected chi connectivity index (χ0v) is 18.8. The Morgan fingerprint density at radius 3 is 2.71 bits per heavy atom. The molecule has 0 aliphatic carbocycles. The van der Waals surface area contributed by atoms with Gasteiger partial charge in [-0.05, 0) is 24.3 Å². The Bertz CT molecular complexity index is 1470. The molecule has 10 nitrogen and oxygen atoms in total. The van der Waals surface area contributed by atoms with Gasteiger partial charge in [-0.15, -0.1) is 11.3 Å². The number of hydrogen-bond donors (Lipinski definition) is 1. The van der Waals surface area contributed by atoms with Crippen molar-refractivity contribution < 1.29 is 19.2 Å². The molecule has 0 saturated carbocycles. The van der Waals surface area contributed by atoms with Gasteiger partial charge >= 0.3 is 11.7 Å². The molecular formula is C23H17N5O5S. The number of nitrogen functional groups attached to an aromatic ring is 1. The highest BCUT2D eigenvalue weighted by molar-refractivity contribution is 7.13. The molecule has 4 aromatic rings. The topological polar surface area (TPSA) is 146 Å². The van der Waals surface area contributed by atoms with E-state index in [0.717, 1.165) is 5.56 Å². The molecule has 0 spiro atoms. The number of aromatic nitrogens is 2. The van der Waals surface area contributed by atoms with Gasteiger partial charge in [-0.2, -0.15) is 5.26 Å². The third-order valence-corrected chi connectivity index (χ3v) is 5.98. The molecule has 2 aromatic heterocycles. The quantitative estimate of drug-likeness (QED) is 0.245. The smallest absolute Gasteiger partial charge is 0.357 e. The van der Waals surface area contributed by atoms with Gasteiger partial charge in [-0.1, -0.05) is 12.1 Å². The van der Waals surface area contributed by atoms with Crippen LogP contribution in [0, 0.1) is 21.4 Å². The maximum absolute atomic E-state index is 12.3. The number of esters is 1. The van der Waals surface area contributed by atoms with Gasteiger partial charge in [0, 0.05) is 34.5 Å². The molecule has 0 fully saturated rings. The molecule has 0 amide bonds. The molecule has 0 aliphatic heterocycles. The van der Waals surface area contributed by atoms with E-state index < -0.39 is 10.9 Å². The molecule has 34 heavy (non-hydrogen) atoms. The summed E-state index contributed by atoms with van der Waals surface area (Å²) in [6.07, 6.45) is 1.48. The van der Waals surface area contributed by atoms with Crippen molar-refractivity contribution in [3.05, 3.63) is 75.4 Å². The van der Waals surface area contributed by atoms with E-state index in [1.807, 2.05) is 12.1 Å². The van der Waals surface area contributed by atoms with Crippen LogP contribution in [-0.4, -0.2) is 34.7 Å². The summed E-state index contributed by atoms with van der Waals surface area (Å²) in [7, 11) is 2.61. The van der Waals surface area contributed by atoms with E-state index in [4.69, 9.17) is 15.2 Å². The summed E-state index contributed by atoms with van der Waals surface area (Å²) in [6.45, 7) is 0. The number of carbonyl (C=O) groups excluding carboxylic acids is 1. The fraction of sp³-hybridized carbons (Fsp3) is 0.0870. The average molecular weight is 475 g/mol. The van der Waals surface area contributed by atoms with Crippen molar-refractivity contribution >= 4 is 28.7 Å². The maximum Gasteiger partial charge on any atom is 0.357 e. The van der Waals surface area contributed by atoms with E-state index in [1.165, 1.54) is 48.5 Å². The Kier molecular flexibility index (Phi) is 5.99. The highest BCUT2D eigenvalue weighted by atomic mass is 32.1. The predicted octanol–water partition coefficient (Wildman–Crippen LogP) is 4.43. The van der Waals surface area contributed by atoms with E-state index in [-0.39, 0.29) is 28.4 Å². The van der Waals surface area contributed by atoms with Crippen LogP contribution in [-0.2, 0) is 4.74 Å². The predicted molar refractivity (Wildman–Crippen MR) is 126 cm³/mol. The number of hydrogen-bond acceptors (Lipinski definition) is 9. The normalized spacial score (nSPS) is 10.5. The number of carbonyl (C=O) groups is 1. The number of ether oxygens (including phenoxy) is 2. The molecule has 2 N–H and O–H groups in total. The van der Waals surface area contributed by atoms with Crippen LogP contribution in [0.5, 0.6) is 5.75 Å². The lowest BCUT2D eigenvalue weighted by Crippen LogP contribution is -2.11. The van der Waals surface area contributed by atoms with Crippen molar-refractivity contribution in [3.8, 4) is 39.3 Å². The second-order valence-electron chi connectivity index (χ2n) is 7.01. The number of anilines is 1. The number of nitrogens with zero attached hydrogens (tertiary/aromatic N) is 4. The van der Waals surface area contributed by atoms with E-state index in [1.54, 1.807) is 29.6 Å². The van der Waals surface area contributed by atoms with Gasteiger partial charge in [-0.3, -0.25) is 10.1 Å². The molecule has 0 bridgehead atoms. The number of methoxy groups -OCH3 is 2. The van der Waals surface area contributed by atoms with Crippen LogP contribution in [0.25, 0.3) is 27.5 Å². The molecule has 2 aromatic carbocycles. The Hall–Kier alpha value is -4.69. The van der Waals surface area contributed by atoms with Gasteiger partial charge < -0.3 is 19.8 Å². The number of nitriles is 1. The molecule has 11 heteroatoms. The van der Waals surface area contributed by atoms with Gasteiger partial charge in [0.25, 0.3) is 0 Å². The Balaban J connectivity index is 1.74. The SMILES string of the molecule is COC(=O)c1c(N)c(C#N)cn1-c1cccc(-c2nc(-c3ccc(OC)c([N+](=O)[O-])c3)cs2)c1. The molecule has 170 valence electrons. The van der Waals surface area contributed by atoms with E-state index in [0.29, 0.717) is 22.0 Å². The fourth-order valence-corrected chi connectivity index (χ4v) is 4.26. The molecule has 0 unspecified atom stereocenters. The van der Waals surface area contributed by atoms with E-state index >= 15 is 0 Å². The zero-order valence-electron chi connectivity index (χ0n) is 18.0. The molecule has 2 heterocycles. The second kappa shape index (κ2) is 9.05. The first-order chi connectivity index (χ1) is 16.4. The monoisotopic (exact) mass is 475 g/mol. The Morgan fingerprint density at radius 2 is 2.03 bits per heavy atom. The van der Waals surface area contributed by atoms with Gasteiger partial charge in [0.1, 0.15) is 11.1 Å². The standard InChI is InChI=1S/C23H17N5O5S/c1-32-19-7-6-13(9-18(19)28(30)31)17-12-34-22(26-17)14-4-3-5-16(8-14)27-11-15(10-24)20(25)21(27)23(29)33-2/h3-9,11-12H,25H2,1-2H3. The number of nitro benzene ring substituents is 1. The Morgan fingerprint density at radius 1 is 1.24 bits per heavy atom. The highest BCUT2D eigenvalue weighted by Gasteiger charge is 2.22. The summed E-state index contributed by atoms with van der Waals surface area (Å²) < 4.78 is 11.4. The zero-order chi connectivity index (χ0) is 24.4. The second-order valence-corrected chi connectivity index (χ2v) is 7.87. The van der Waals surface area contributed by atoms with Crippen molar-refractivity contribution in [2.45, 2.75) is 0 Å². The van der Waals surface area contributed by atoms with Gasteiger partial charge in [-0.25, -0.2) is 9.78 Å². The molecule has 0 radical (unpaired) electrons. The summed E-state index contributed by atoms with van der Waals surface area (Å²) in [4.78, 5) is 27.8. The first kappa shape index (κ1) is 22.5. The summed E-state index contributed by atoms with van der Waals surface area (Å²) >= 11 is 1.36. The summed E-state index contributed by atoms with van der Waals surface area (Å²) in [5.74, 6) is -0.497. The van der Waals surface area contributed by atoms with Crippen LogP contribution in [0.3, 0.4) is 0 Å². The third-order valence-electron chi connectivity index (χ3n) is 5.09. The highest BCUT2D eigenvalue weighted by Crippen LogP contribution is 2.35. The van der Waals surface area contributed by atoms with Crippen molar-refractivity contribution in [2.75, 3.05) is 20.0 Å². The van der Waals surface area contributed by atoms with Gasteiger partial charge in [0.15, 0.2) is 11.4 Å². The average Bonchev–Trinajstić information content (AvgIpc) is 3.48. The van der Waals surface area contributed by atoms with Crippen molar-refractivity contribution in [2.24, 2.45) is 0 Å². The number of rotatable bonds is 6. The molecule has 0 atom stereocenters. The number of benzene rings is 2. The van der Waals surface area contributed by atoms with Crippen LogP contribution < -0.4 is 10.5 Å². The van der Waals surface area contributed by atoms with Crippen molar-refractivity contribution in [1.82, 2.24) is 9.55 Å². The van der Waals surface area contributed by atoms with Gasteiger partial charge in [0.2, 0.25) is 0 Å². The fourth-order valence-electron chi connectivity index (χ4n) is 3.44. The first-order valence-corrected chi connectivity index (χ1v) is 10.6. The lowest BCUT2D eigenvalue weighted by molar-refractivity contribution is -0.385. The summed E-state index contributed by atoms with van der Waals surface area (Å²) in [5, 5.41) is 23.1. The van der Waals surface area contributed by atoms with Crippen molar-refractivity contribution in [3.63, 3.8) is 0 Å². The van der Waals surface area contributed by atoms with Crippen molar-refractivity contribution in [1.29, 1.82) is 5.26 Å². The Labute approximate surface area is 197 Å². The van der Waals surface area contributed by atoms with Gasteiger partial charge in [0.05, 0.1) is 36.1 Å². The summed E-state index contributed by atoms with van der Waals surface area (Å²) in [6, 6.07) is 13.8. The summed E-state index contributed by atoms with van der Waals surface area (Å²) in [5.41, 5.74) is 8.58. The number of thiazole rings is 1. The number of nitrogens with two attached hydrogens (primary N) is 1. The lowest BCUT2D eigenvalue weighted by atomic mass is 10.1. The molecular weight excluding hydrogens is 458 g/mol. The van der Waals surface area contributed by atoms with Crippen LogP contribution in [0.2, 0.25) is 0 Å². The molecule has 0 saturated heterocycles. The lowest BCUT2D eigenvalue weighted by Gasteiger charge is -2.09. The van der Waals surface area contributed by atoms with Crippen LogP contribution in [0.15, 0.2) is 54.0 Å². The third kappa shape index (κ3) is 3.94.